The molecule has 1 fully saturated rings. The third kappa shape index (κ3) is 2.68. The Bertz CT molecular complexity index is 941. The summed E-state index contributed by atoms with van der Waals surface area (Å²) in [7, 11) is 0. The van der Waals surface area contributed by atoms with E-state index in [-0.39, 0.29) is 29.5 Å². The molecular formula is C23H23NO4. The van der Waals surface area contributed by atoms with E-state index in [9.17, 15) is 9.59 Å². The molecule has 3 unspecified atom stereocenters. The lowest BCUT2D eigenvalue weighted by Crippen LogP contribution is -2.39. The zero-order chi connectivity index (χ0) is 19.3. The number of ether oxygens (including phenoxy) is 1. The second kappa shape index (κ2) is 6.66. The van der Waals surface area contributed by atoms with Crippen molar-refractivity contribution >= 4 is 11.7 Å². The van der Waals surface area contributed by atoms with Crippen LogP contribution in [0.4, 0.5) is 0 Å². The number of hydrogen-bond donors (Lipinski definition) is 0. The van der Waals surface area contributed by atoms with E-state index in [1.807, 2.05) is 37.3 Å². The van der Waals surface area contributed by atoms with Gasteiger partial charge >= 0.3 is 0 Å². The predicted molar refractivity (Wildman–Crippen MR) is 102 cm³/mol. The monoisotopic (exact) mass is 377 g/mol. The number of benzene rings is 1. The molecule has 0 saturated heterocycles. The van der Waals surface area contributed by atoms with Crippen molar-refractivity contribution in [2.75, 3.05) is 0 Å². The highest BCUT2D eigenvalue weighted by atomic mass is 16.5. The summed E-state index contributed by atoms with van der Waals surface area (Å²) in [5.74, 6) is 0.693. The molecule has 5 rings (SSSR count). The van der Waals surface area contributed by atoms with Gasteiger partial charge < -0.3 is 14.1 Å². The van der Waals surface area contributed by atoms with Gasteiger partial charge in [-0.05, 0) is 43.9 Å². The smallest absolute Gasteiger partial charge is 0.290 e. The van der Waals surface area contributed by atoms with Crippen molar-refractivity contribution in [1.29, 1.82) is 0 Å². The number of fused-ring (bicyclic) bond motifs is 1. The van der Waals surface area contributed by atoms with Crippen LogP contribution in [-0.4, -0.2) is 22.7 Å². The van der Waals surface area contributed by atoms with Crippen molar-refractivity contribution < 1.29 is 18.7 Å². The standard InChI is InChI=1S/C23H23NO4/c1-14-8-10-15(11-9-14)20-19-21(25)17-6-2-3-7-18(17)28-22(19)23(26)24(20)13-16-5-4-12-27-16/h4-5,8-12,17-18,20H,2-3,6-7,13H2,1H3. The minimum Gasteiger partial charge on any atom is -0.483 e. The Morgan fingerprint density at radius 3 is 2.61 bits per heavy atom. The van der Waals surface area contributed by atoms with Crippen LogP contribution in [0.2, 0.25) is 0 Å². The van der Waals surface area contributed by atoms with Crippen molar-refractivity contribution in [2.45, 2.75) is 51.3 Å². The van der Waals surface area contributed by atoms with Crippen molar-refractivity contribution in [1.82, 2.24) is 4.90 Å². The van der Waals surface area contributed by atoms with Crippen LogP contribution < -0.4 is 0 Å². The molecule has 3 aliphatic rings. The van der Waals surface area contributed by atoms with Crippen LogP contribution in [-0.2, 0) is 20.9 Å². The van der Waals surface area contributed by atoms with Gasteiger partial charge in [0.1, 0.15) is 11.9 Å². The number of carbonyl (C=O) groups is 2. The highest BCUT2D eigenvalue weighted by Gasteiger charge is 2.51. The third-order valence-corrected chi connectivity index (χ3v) is 6.16. The summed E-state index contributed by atoms with van der Waals surface area (Å²) in [6.45, 7) is 2.33. The van der Waals surface area contributed by atoms with E-state index in [4.69, 9.17) is 9.15 Å². The van der Waals surface area contributed by atoms with Crippen LogP contribution in [0.3, 0.4) is 0 Å². The fraction of sp³-hybridized carbons (Fsp3) is 0.391. The average Bonchev–Trinajstić information content (AvgIpc) is 3.31. The molecule has 0 radical (unpaired) electrons. The van der Waals surface area contributed by atoms with Gasteiger partial charge in [-0.15, -0.1) is 0 Å². The molecule has 1 amide bonds. The van der Waals surface area contributed by atoms with Gasteiger partial charge in [0.2, 0.25) is 0 Å². The summed E-state index contributed by atoms with van der Waals surface area (Å²) >= 11 is 0. The summed E-state index contributed by atoms with van der Waals surface area (Å²) in [4.78, 5) is 28.4. The van der Waals surface area contributed by atoms with E-state index < -0.39 is 6.04 Å². The maximum atomic E-state index is 13.4. The molecule has 0 spiro atoms. The topological polar surface area (TPSA) is 59.8 Å². The fourth-order valence-corrected chi connectivity index (χ4v) is 4.72. The van der Waals surface area contributed by atoms with Gasteiger partial charge in [-0.25, -0.2) is 0 Å². The first kappa shape index (κ1) is 17.3. The van der Waals surface area contributed by atoms with Gasteiger partial charge in [0.25, 0.3) is 5.91 Å². The van der Waals surface area contributed by atoms with E-state index in [0.29, 0.717) is 17.9 Å². The Labute approximate surface area is 164 Å². The summed E-state index contributed by atoms with van der Waals surface area (Å²) in [6, 6.07) is 11.3. The molecule has 2 aromatic rings. The number of furan rings is 1. The molecule has 5 heteroatoms. The first-order valence-corrected chi connectivity index (χ1v) is 9.98. The van der Waals surface area contributed by atoms with Gasteiger partial charge in [-0.2, -0.15) is 0 Å². The maximum absolute atomic E-state index is 13.4. The Balaban J connectivity index is 1.59. The Kier molecular flexibility index (Phi) is 4.11. The van der Waals surface area contributed by atoms with Crippen LogP contribution in [0.15, 0.2) is 58.4 Å². The molecule has 5 nitrogen and oxygen atoms in total. The first-order valence-electron chi connectivity index (χ1n) is 9.98. The molecule has 1 aromatic carbocycles. The fourth-order valence-electron chi connectivity index (χ4n) is 4.72. The minimum atomic E-state index is -0.427. The number of aryl methyl sites for hydroxylation is 1. The van der Waals surface area contributed by atoms with Crippen LogP contribution in [0, 0.1) is 12.8 Å². The van der Waals surface area contributed by atoms with Gasteiger partial charge in [-0.1, -0.05) is 36.2 Å². The lowest BCUT2D eigenvalue weighted by Gasteiger charge is -2.35. The van der Waals surface area contributed by atoms with Gasteiger partial charge in [0.15, 0.2) is 11.5 Å². The number of hydrogen-bond acceptors (Lipinski definition) is 4. The number of nitrogens with zero attached hydrogens (tertiary/aromatic N) is 1. The number of Topliss-reactive ketones (excluding diaryl/α,β-unsaturated/α-hetero) is 1. The quantitative estimate of drug-likeness (QED) is 0.809. The number of ketones is 1. The van der Waals surface area contributed by atoms with Crippen molar-refractivity contribution in [3.8, 4) is 0 Å². The van der Waals surface area contributed by atoms with Crippen molar-refractivity contribution in [3.05, 3.63) is 70.9 Å². The second-order valence-corrected chi connectivity index (χ2v) is 7.98. The average molecular weight is 377 g/mol. The van der Waals surface area contributed by atoms with Gasteiger partial charge in [0, 0.05) is 0 Å². The van der Waals surface area contributed by atoms with Crippen molar-refractivity contribution in [3.63, 3.8) is 0 Å². The third-order valence-electron chi connectivity index (χ3n) is 6.16. The van der Waals surface area contributed by atoms with E-state index in [1.165, 1.54) is 0 Å². The predicted octanol–water partition coefficient (Wildman–Crippen LogP) is 4.08. The SMILES string of the molecule is Cc1ccc(C2C3=C(OC4CCCCC4C3=O)C(=O)N2Cc2ccco2)cc1. The summed E-state index contributed by atoms with van der Waals surface area (Å²) < 4.78 is 11.6. The van der Waals surface area contributed by atoms with Crippen LogP contribution in [0.25, 0.3) is 0 Å². The van der Waals surface area contributed by atoms with Crippen molar-refractivity contribution in [2.24, 2.45) is 5.92 Å². The van der Waals surface area contributed by atoms with Crippen LogP contribution >= 0.6 is 0 Å². The molecule has 3 heterocycles. The highest BCUT2D eigenvalue weighted by Crippen LogP contribution is 2.47. The van der Waals surface area contributed by atoms with E-state index in [2.05, 4.69) is 0 Å². The molecule has 2 aliphatic heterocycles. The van der Waals surface area contributed by atoms with E-state index in [0.717, 1.165) is 36.8 Å². The minimum absolute atomic E-state index is 0.0896. The van der Waals surface area contributed by atoms with E-state index >= 15 is 0 Å². The molecule has 1 aromatic heterocycles. The molecule has 1 aliphatic carbocycles. The highest BCUT2D eigenvalue weighted by molar-refractivity contribution is 6.11. The molecule has 28 heavy (non-hydrogen) atoms. The zero-order valence-electron chi connectivity index (χ0n) is 15.9. The molecule has 0 bridgehead atoms. The van der Waals surface area contributed by atoms with Gasteiger partial charge in [0.05, 0.1) is 30.3 Å². The molecular weight excluding hydrogens is 354 g/mol. The molecule has 3 atom stereocenters. The largest absolute Gasteiger partial charge is 0.483 e. The summed E-state index contributed by atoms with van der Waals surface area (Å²) in [5.41, 5.74) is 2.60. The lowest BCUT2D eigenvalue weighted by atomic mass is 9.77. The Morgan fingerprint density at radius 2 is 1.86 bits per heavy atom. The first-order chi connectivity index (χ1) is 13.6. The normalized spacial score (nSPS) is 26.9. The van der Waals surface area contributed by atoms with Crippen LogP contribution in [0.5, 0.6) is 0 Å². The summed E-state index contributed by atoms with van der Waals surface area (Å²) in [5, 5.41) is 0. The second-order valence-electron chi connectivity index (χ2n) is 7.98. The molecule has 1 saturated carbocycles. The molecule has 0 N–H and O–H groups in total. The van der Waals surface area contributed by atoms with Gasteiger partial charge in [-0.3, -0.25) is 9.59 Å². The summed E-state index contributed by atoms with van der Waals surface area (Å²) in [6.07, 6.45) is 5.20. The zero-order valence-corrected chi connectivity index (χ0v) is 15.9. The number of carbonyl (C=O) groups excluding carboxylic acids is 2. The van der Waals surface area contributed by atoms with Crippen LogP contribution in [0.1, 0.15) is 48.6 Å². The van der Waals surface area contributed by atoms with E-state index in [1.54, 1.807) is 17.2 Å². The maximum Gasteiger partial charge on any atom is 0.290 e. The lowest BCUT2D eigenvalue weighted by molar-refractivity contribution is -0.135. The number of amides is 1. The Hall–Kier alpha value is -2.82. The number of rotatable bonds is 3. The Morgan fingerprint density at radius 1 is 1.07 bits per heavy atom. The molecule has 144 valence electrons.